The lowest BCUT2D eigenvalue weighted by atomic mass is 10.1. The van der Waals surface area contributed by atoms with Gasteiger partial charge >= 0.3 is 0 Å². The van der Waals surface area contributed by atoms with E-state index in [1.54, 1.807) is 12.1 Å². The molecule has 0 radical (unpaired) electrons. The number of hydrogen-bond acceptors (Lipinski definition) is 2. The summed E-state index contributed by atoms with van der Waals surface area (Å²) in [6.07, 6.45) is 1.92. The summed E-state index contributed by atoms with van der Waals surface area (Å²) >= 11 is 1.51. The Kier molecular flexibility index (Phi) is 5.78. The van der Waals surface area contributed by atoms with Crippen LogP contribution in [0, 0.1) is 5.82 Å². The molecule has 3 aromatic rings. The third kappa shape index (κ3) is 3.68. The van der Waals surface area contributed by atoms with E-state index in [4.69, 9.17) is 0 Å². The molecule has 1 heterocycles. The highest BCUT2D eigenvalue weighted by Crippen LogP contribution is 2.27. The van der Waals surface area contributed by atoms with Crippen LogP contribution < -0.4 is 4.80 Å². The molecule has 0 atom stereocenters. The van der Waals surface area contributed by atoms with Crippen LogP contribution in [0.3, 0.4) is 0 Å². The van der Waals surface area contributed by atoms with Crippen LogP contribution in [0.2, 0.25) is 0 Å². The van der Waals surface area contributed by atoms with Gasteiger partial charge in [0.2, 0.25) is 0 Å². The number of hydrogen-bond donors (Lipinski definition) is 0. The maximum atomic E-state index is 13.9. The largest absolute Gasteiger partial charge is 0.316 e. The number of thiazole rings is 1. The molecule has 0 aliphatic carbocycles. The standard InChI is InChI=1S/C21H21FN2OS/c1-3-10-18-19(15-11-6-5-7-12-15)24(4-2)21(26-18)23-20(25)16-13-8-9-14-17(16)22/h5-9,11-14H,3-4,10H2,1-2H3. The molecule has 3 nitrogen and oxygen atoms in total. The second kappa shape index (κ2) is 8.23. The van der Waals surface area contributed by atoms with E-state index < -0.39 is 11.7 Å². The zero-order valence-corrected chi connectivity index (χ0v) is 15.7. The Morgan fingerprint density at radius 1 is 1.08 bits per heavy atom. The molecule has 0 spiro atoms. The Bertz CT molecular complexity index is 973. The number of nitrogens with zero attached hydrogens (tertiary/aromatic N) is 2. The number of rotatable bonds is 5. The molecule has 1 amide bonds. The van der Waals surface area contributed by atoms with Crippen molar-refractivity contribution in [3.63, 3.8) is 0 Å². The van der Waals surface area contributed by atoms with E-state index in [0.717, 1.165) is 24.1 Å². The van der Waals surface area contributed by atoms with Gasteiger partial charge in [0.05, 0.1) is 11.3 Å². The molecule has 0 saturated heterocycles. The van der Waals surface area contributed by atoms with Crippen LogP contribution in [0.5, 0.6) is 0 Å². The molecule has 0 bridgehead atoms. The Labute approximate surface area is 156 Å². The molecule has 0 aliphatic heterocycles. The molecule has 26 heavy (non-hydrogen) atoms. The maximum absolute atomic E-state index is 13.9. The fourth-order valence-electron chi connectivity index (χ4n) is 2.93. The van der Waals surface area contributed by atoms with Gasteiger partial charge in [-0.25, -0.2) is 4.39 Å². The number of halogens is 1. The van der Waals surface area contributed by atoms with Gasteiger partial charge in [0, 0.05) is 11.4 Å². The first kappa shape index (κ1) is 18.3. The predicted octanol–water partition coefficient (Wildman–Crippen LogP) is 5.07. The number of amides is 1. The van der Waals surface area contributed by atoms with E-state index in [1.807, 2.05) is 29.7 Å². The van der Waals surface area contributed by atoms with Crippen molar-refractivity contribution in [3.8, 4) is 11.3 Å². The van der Waals surface area contributed by atoms with Gasteiger partial charge in [0.15, 0.2) is 4.80 Å². The summed E-state index contributed by atoms with van der Waals surface area (Å²) in [6.45, 7) is 4.85. The normalized spacial score (nSPS) is 11.7. The van der Waals surface area contributed by atoms with E-state index in [0.29, 0.717) is 11.3 Å². The van der Waals surface area contributed by atoms with Gasteiger partial charge in [0.25, 0.3) is 5.91 Å². The SMILES string of the molecule is CCCc1sc(=NC(=O)c2ccccc2F)n(CC)c1-c1ccccc1. The fraction of sp³-hybridized carbons (Fsp3) is 0.238. The van der Waals surface area contributed by atoms with E-state index >= 15 is 0 Å². The van der Waals surface area contributed by atoms with E-state index in [9.17, 15) is 9.18 Å². The van der Waals surface area contributed by atoms with Crippen molar-refractivity contribution in [1.82, 2.24) is 4.57 Å². The minimum Gasteiger partial charge on any atom is -0.316 e. The predicted molar refractivity (Wildman–Crippen MR) is 104 cm³/mol. The van der Waals surface area contributed by atoms with Crippen LogP contribution in [0.1, 0.15) is 35.5 Å². The quantitative estimate of drug-likeness (QED) is 0.619. The second-order valence-corrected chi connectivity index (χ2v) is 6.98. The summed E-state index contributed by atoms with van der Waals surface area (Å²) in [7, 11) is 0. The average Bonchev–Trinajstić information content (AvgIpc) is 3.00. The minimum atomic E-state index is -0.547. The number of benzene rings is 2. The Balaban J connectivity index is 2.16. The third-order valence-electron chi connectivity index (χ3n) is 4.12. The van der Waals surface area contributed by atoms with Gasteiger partial charge in [-0.3, -0.25) is 4.79 Å². The smallest absolute Gasteiger partial charge is 0.282 e. The van der Waals surface area contributed by atoms with Gasteiger partial charge in [-0.15, -0.1) is 11.3 Å². The fourth-order valence-corrected chi connectivity index (χ4v) is 4.24. The van der Waals surface area contributed by atoms with Gasteiger partial charge in [-0.1, -0.05) is 55.8 Å². The van der Waals surface area contributed by atoms with Crippen LogP contribution in [-0.4, -0.2) is 10.5 Å². The number of carbonyl (C=O) groups is 1. The minimum absolute atomic E-state index is 0.00172. The molecular weight excluding hydrogens is 347 g/mol. The van der Waals surface area contributed by atoms with Gasteiger partial charge in [-0.05, 0) is 31.0 Å². The first-order valence-corrected chi connectivity index (χ1v) is 9.58. The number of aromatic nitrogens is 1. The van der Waals surface area contributed by atoms with E-state index in [1.165, 1.54) is 28.3 Å². The van der Waals surface area contributed by atoms with Crippen LogP contribution >= 0.6 is 11.3 Å². The van der Waals surface area contributed by atoms with Crippen LogP contribution in [-0.2, 0) is 13.0 Å². The molecule has 0 saturated carbocycles. The van der Waals surface area contributed by atoms with Crippen molar-refractivity contribution in [3.05, 3.63) is 75.7 Å². The summed E-state index contributed by atoms with van der Waals surface area (Å²) in [4.78, 5) is 18.6. The molecule has 2 aromatic carbocycles. The van der Waals surface area contributed by atoms with Crippen molar-refractivity contribution in [2.75, 3.05) is 0 Å². The maximum Gasteiger partial charge on any atom is 0.282 e. The molecule has 0 fully saturated rings. The molecular formula is C21H21FN2OS. The third-order valence-corrected chi connectivity index (χ3v) is 5.26. The lowest BCUT2D eigenvalue weighted by Gasteiger charge is -2.08. The number of carbonyl (C=O) groups excluding carboxylic acids is 1. The zero-order chi connectivity index (χ0) is 18.5. The van der Waals surface area contributed by atoms with Crippen molar-refractivity contribution >= 4 is 17.2 Å². The summed E-state index contributed by atoms with van der Waals surface area (Å²) in [5.41, 5.74) is 2.20. The molecule has 134 valence electrons. The van der Waals surface area contributed by atoms with Crippen LogP contribution in [0.15, 0.2) is 59.6 Å². The average molecular weight is 368 g/mol. The first-order chi connectivity index (χ1) is 12.7. The molecule has 0 unspecified atom stereocenters. The van der Waals surface area contributed by atoms with Gasteiger partial charge in [-0.2, -0.15) is 4.99 Å². The Morgan fingerprint density at radius 3 is 2.42 bits per heavy atom. The van der Waals surface area contributed by atoms with E-state index in [-0.39, 0.29) is 5.56 Å². The summed E-state index contributed by atoms with van der Waals surface area (Å²) in [5.74, 6) is -1.09. The summed E-state index contributed by atoms with van der Waals surface area (Å²) < 4.78 is 16.0. The van der Waals surface area contributed by atoms with Crippen LogP contribution in [0.25, 0.3) is 11.3 Å². The molecule has 3 rings (SSSR count). The Hall–Kier alpha value is -2.53. The van der Waals surface area contributed by atoms with Crippen molar-refractivity contribution < 1.29 is 9.18 Å². The van der Waals surface area contributed by atoms with Crippen molar-refractivity contribution in [2.24, 2.45) is 4.99 Å². The highest BCUT2D eigenvalue weighted by atomic mass is 32.1. The van der Waals surface area contributed by atoms with Crippen molar-refractivity contribution in [2.45, 2.75) is 33.2 Å². The van der Waals surface area contributed by atoms with Crippen molar-refractivity contribution in [1.29, 1.82) is 0 Å². The lowest BCUT2D eigenvalue weighted by molar-refractivity contribution is 0.0994. The topological polar surface area (TPSA) is 34.4 Å². The highest BCUT2D eigenvalue weighted by Gasteiger charge is 2.16. The Morgan fingerprint density at radius 2 is 1.77 bits per heavy atom. The van der Waals surface area contributed by atoms with Gasteiger partial charge in [0.1, 0.15) is 5.82 Å². The first-order valence-electron chi connectivity index (χ1n) is 8.77. The number of aryl methyl sites for hydroxylation is 1. The molecule has 5 heteroatoms. The molecule has 0 aliphatic rings. The highest BCUT2D eigenvalue weighted by molar-refractivity contribution is 7.09. The second-order valence-electron chi connectivity index (χ2n) is 5.91. The monoisotopic (exact) mass is 368 g/mol. The van der Waals surface area contributed by atoms with Crippen LogP contribution in [0.4, 0.5) is 4.39 Å². The lowest BCUT2D eigenvalue weighted by Crippen LogP contribution is -2.17. The van der Waals surface area contributed by atoms with Gasteiger partial charge < -0.3 is 4.57 Å². The zero-order valence-electron chi connectivity index (χ0n) is 14.9. The van der Waals surface area contributed by atoms with E-state index in [2.05, 4.69) is 24.0 Å². The molecule has 0 N–H and O–H groups in total. The summed E-state index contributed by atoms with van der Waals surface area (Å²) in [5, 5.41) is 0. The molecule has 1 aromatic heterocycles. The summed E-state index contributed by atoms with van der Waals surface area (Å²) in [6, 6.07) is 16.1.